The summed E-state index contributed by atoms with van der Waals surface area (Å²) in [5, 5.41) is 7.37. The highest BCUT2D eigenvalue weighted by Gasteiger charge is 2.48. The molecule has 2 aliphatic heterocycles. The predicted octanol–water partition coefficient (Wildman–Crippen LogP) is 4.13. The zero-order valence-corrected chi connectivity index (χ0v) is 16.0. The first-order valence-corrected chi connectivity index (χ1v) is 9.82. The first-order valence-electron chi connectivity index (χ1n) is 9.44. The summed E-state index contributed by atoms with van der Waals surface area (Å²) < 4.78 is 0. The van der Waals surface area contributed by atoms with E-state index in [1.54, 1.807) is 0 Å². The molecule has 1 aliphatic carbocycles. The van der Waals surface area contributed by atoms with Crippen molar-refractivity contribution in [1.29, 1.82) is 0 Å². The van der Waals surface area contributed by atoms with Gasteiger partial charge in [-0.2, -0.15) is 0 Å². The van der Waals surface area contributed by atoms with Crippen molar-refractivity contribution >= 4 is 23.2 Å². The molecule has 28 heavy (non-hydrogen) atoms. The second-order valence-corrected chi connectivity index (χ2v) is 7.80. The second kappa shape index (κ2) is 6.57. The molecule has 3 aliphatic rings. The van der Waals surface area contributed by atoms with Crippen molar-refractivity contribution in [1.82, 2.24) is 15.5 Å². The Morgan fingerprint density at radius 1 is 1.11 bits per heavy atom. The molecule has 1 unspecified atom stereocenters. The molecule has 2 N–H and O–H groups in total. The van der Waals surface area contributed by atoms with E-state index in [2.05, 4.69) is 22.8 Å². The summed E-state index contributed by atoms with van der Waals surface area (Å²) in [5.41, 5.74) is 3.77. The molecule has 0 radical (unpaired) electrons. The molecule has 0 bridgehead atoms. The van der Waals surface area contributed by atoms with Gasteiger partial charge in [-0.25, -0.2) is 0 Å². The molecule has 0 spiro atoms. The van der Waals surface area contributed by atoms with Gasteiger partial charge in [0.15, 0.2) is 6.17 Å². The zero-order chi connectivity index (χ0) is 19.1. The first-order chi connectivity index (χ1) is 13.7. The zero-order valence-electron chi connectivity index (χ0n) is 15.2. The third kappa shape index (κ3) is 2.90. The van der Waals surface area contributed by atoms with Crippen LogP contribution in [0.5, 0.6) is 0 Å². The number of halogens is 1. The van der Waals surface area contributed by atoms with E-state index in [1.165, 1.54) is 5.56 Å². The van der Waals surface area contributed by atoms with E-state index in [-0.39, 0.29) is 11.4 Å². The number of carbonyl (C=O) groups excluding carboxylic acids is 1. The maximum atomic E-state index is 13.2. The normalized spacial score (nSPS) is 21.3. The van der Waals surface area contributed by atoms with Crippen LogP contribution in [-0.2, 0) is 10.3 Å². The average molecular weight is 390 g/mol. The molecule has 5 rings (SSSR count). The Bertz CT molecular complexity index is 1020. The van der Waals surface area contributed by atoms with Gasteiger partial charge in [-0.15, -0.1) is 0 Å². The molecule has 0 saturated heterocycles. The lowest BCUT2D eigenvalue weighted by molar-refractivity contribution is -0.126. The van der Waals surface area contributed by atoms with Crippen molar-refractivity contribution in [2.75, 3.05) is 0 Å². The van der Waals surface area contributed by atoms with Crippen molar-refractivity contribution in [2.24, 2.45) is 0 Å². The summed E-state index contributed by atoms with van der Waals surface area (Å²) in [6.45, 7) is 0. The Balaban J connectivity index is 1.42. The summed E-state index contributed by atoms with van der Waals surface area (Å²) in [5.74, 6) is -0.0316. The summed E-state index contributed by atoms with van der Waals surface area (Å²) in [4.78, 5) is 15.2. The van der Waals surface area contributed by atoms with Gasteiger partial charge >= 0.3 is 0 Å². The molecule has 2 heterocycles. The molecule has 4 nitrogen and oxygen atoms in total. The lowest BCUT2D eigenvalue weighted by atomic mass is 10.0. The highest BCUT2D eigenvalue weighted by molar-refractivity contribution is 6.30. The van der Waals surface area contributed by atoms with Crippen molar-refractivity contribution in [3.05, 3.63) is 101 Å². The highest BCUT2D eigenvalue weighted by atomic mass is 35.5. The van der Waals surface area contributed by atoms with E-state index in [1.807, 2.05) is 71.8 Å². The van der Waals surface area contributed by atoms with Gasteiger partial charge in [0.2, 0.25) is 0 Å². The third-order valence-corrected chi connectivity index (χ3v) is 5.74. The molecule has 1 amide bonds. The number of rotatable bonds is 4. The Morgan fingerprint density at radius 3 is 2.68 bits per heavy atom. The monoisotopic (exact) mass is 389 g/mol. The van der Waals surface area contributed by atoms with Crippen LogP contribution in [0.3, 0.4) is 0 Å². The average Bonchev–Trinajstić information content (AvgIpc) is 3.40. The van der Waals surface area contributed by atoms with Crippen LogP contribution in [0, 0.1) is 0 Å². The van der Waals surface area contributed by atoms with Crippen molar-refractivity contribution in [3.63, 3.8) is 0 Å². The number of allylic oxidation sites excluding steroid dienone is 3. The van der Waals surface area contributed by atoms with Crippen LogP contribution in [0.25, 0.3) is 5.70 Å². The fourth-order valence-corrected chi connectivity index (χ4v) is 4.10. The quantitative estimate of drug-likeness (QED) is 0.826. The highest BCUT2D eigenvalue weighted by Crippen LogP contribution is 2.45. The van der Waals surface area contributed by atoms with Crippen LogP contribution in [0.2, 0.25) is 5.02 Å². The van der Waals surface area contributed by atoms with Gasteiger partial charge in [-0.1, -0.05) is 60.1 Å². The molecule has 1 fully saturated rings. The summed E-state index contributed by atoms with van der Waals surface area (Å²) in [6, 6.07) is 17.9. The summed E-state index contributed by atoms with van der Waals surface area (Å²) in [7, 11) is 0. The maximum absolute atomic E-state index is 13.2. The summed E-state index contributed by atoms with van der Waals surface area (Å²) >= 11 is 6.19. The molecule has 1 atom stereocenters. The lowest BCUT2D eigenvalue weighted by Crippen LogP contribution is -2.51. The Hall–Kier alpha value is -2.98. The molecule has 1 saturated carbocycles. The van der Waals surface area contributed by atoms with Crippen molar-refractivity contribution in [2.45, 2.75) is 24.5 Å². The predicted molar refractivity (Wildman–Crippen MR) is 111 cm³/mol. The minimum atomic E-state index is -0.494. The number of benzene rings is 2. The maximum Gasteiger partial charge on any atom is 0.264 e. The Morgan fingerprint density at radius 2 is 1.93 bits per heavy atom. The van der Waals surface area contributed by atoms with Gasteiger partial charge < -0.3 is 15.5 Å². The van der Waals surface area contributed by atoms with Crippen LogP contribution in [0.1, 0.15) is 24.0 Å². The van der Waals surface area contributed by atoms with E-state index in [4.69, 9.17) is 11.6 Å². The second-order valence-electron chi connectivity index (χ2n) is 7.36. The van der Waals surface area contributed by atoms with E-state index < -0.39 is 6.17 Å². The molecule has 5 heteroatoms. The van der Waals surface area contributed by atoms with Gasteiger partial charge in [0, 0.05) is 16.8 Å². The number of hydrogen-bond acceptors (Lipinski definition) is 3. The molecule has 0 aromatic heterocycles. The smallest absolute Gasteiger partial charge is 0.264 e. The topological polar surface area (TPSA) is 44.4 Å². The lowest BCUT2D eigenvalue weighted by Gasteiger charge is -2.27. The fourth-order valence-electron chi connectivity index (χ4n) is 3.91. The number of amides is 1. The van der Waals surface area contributed by atoms with Gasteiger partial charge in [0.25, 0.3) is 5.91 Å². The van der Waals surface area contributed by atoms with Gasteiger partial charge in [0.05, 0.1) is 16.9 Å². The summed E-state index contributed by atoms with van der Waals surface area (Å²) in [6.07, 6.45) is 9.30. The first kappa shape index (κ1) is 17.1. The van der Waals surface area contributed by atoms with Crippen LogP contribution < -0.4 is 10.6 Å². The largest absolute Gasteiger partial charge is 0.355 e. The fraction of sp³-hybridized carbons (Fsp3) is 0.174. The number of nitrogens with one attached hydrogen (secondary N) is 2. The Labute approximate surface area is 169 Å². The van der Waals surface area contributed by atoms with Crippen molar-refractivity contribution in [3.8, 4) is 0 Å². The van der Waals surface area contributed by atoms with Gasteiger partial charge in [-0.05, 0) is 42.7 Å². The van der Waals surface area contributed by atoms with E-state index in [0.717, 1.165) is 29.8 Å². The van der Waals surface area contributed by atoms with E-state index in [0.29, 0.717) is 5.02 Å². The Kier molecular flexibility index (Phi) is 4.02. The van der Waals surface area contributed by atoms with E-state index >= 15 is 0 Å². The van der Waals surface area contributed by atoms with Gasteiger partial charge in [-0.3, -0.25) is 4.79 Å². The van der Waals surface area contributed by atoms with Gasteiger partial charge in [0.1, 0.15) is 0 Å². The van der Waals surface area contributed by atoms with Crippen LogP contribution in [0.4, 0.5) is 0 Å². The third-order valence-electron chi connectivity index (χ3n) is 5.51. The van der Waals surface area contributed by atoms with E-state index in [9.17, 15) is 4.79 Å². The molecular formula is C23H20ClN3O. The minimum absolute atomic E-state index is 0.0316. The SMILES string of the molecule is O=C(NC1(c2ccccc2)CC1)C1NC(c2cccc(Cl)c2)=C2C=CC=CN21. The number of fused-ring (bicyclic) bond motifs is 1. The number of hydrogen-bond donors (Lipinski definition) is 2. The minimum Gasteiger partial charge on any atom is -0.355 e. The van der Waals surface area contributed by atoms with Crippen LogP contribution in [-0.4, -0.2) is 17.0 Å². The van der Waals surface area contributed by atoms with Crippen LogP contribution in [0.15, 0.2) is 84.7 Å². The standard InChI is InChI=1S/C23H20ClN3O/c24-18-10-6-7-16(15-18)20-19-11-4-5-14-27(19)21(25-20)22(28)26-23(12-13-23)17-8-2-1-3-9-17/h1-11,14-15,21,25H,12-13H2,(H,26,28). The number of carbonyl (C=O) groups is 1. The molecule has 2 aromatic carbocycles. The molecular weight excluding hydrogens is 370 g/mol. The number of nitrogens with zero attached hydrogens (tertiary/aromatic N) is 1. The van der Waals surface area contributed by atoms with Crippen LogP contribution >= 0.6 is 11.6 Å². The molecule has 140 valence electrons. The molecule has 2 aromatic rings. The van der Waals surface area contributed by atoms with Crippen molar-refractivity contribution < 1.29 is 4.79 Å².